The Morgan fingerprint density at radius 2 is 2.18 bits per heavy atom. The lowest BCUT2D eigenvalue weighted by atomic mass is 9.93. The third kappa shape index (κ3) is 1.93. The summed E-state index contributed by atoms with van der Waals surface area (Å²) in [7, 11) is 2.10. The van der Waals surface area contributed by atoms with E-state index in [1.165, 1.54) is 6.42 Å². The molecule has 0 aromatic carbocycles. The number of likely N-dealkylation sites (tertiary alicyclic amines) is 1. The second-order valence-corrected chi connectivity index (χ2v) is 3.52. The minimum atomic E-state index is 0.302. The Morgan fingerprint density at radius 1 is 1.55 bits per heavy atom. The van der Waals surface area contributed by atoms with Gasteiger partial charge in [-0.15, -0.1) is 0 Å². The maximum absolute atomic E-state index is 7.30. The first-order valence-corrected chi connectivity index (χ1v) is 4.15. The highest BCUT2D eigenvalue weighted by molar-refractivity contribution is 5.79. The second kappa shape index (κ2) is 3.22. The highest BCUT2D eigenvalue weighted by Gasteiger charge is 2.23. The third-order valence-electron chi connectivity index (χ3n) is 2.63. The fraction of sp³-hybridized carbons (Fsp3) is 0.875. The highest BCUT2D eigenvalue weighted by Crippen LogP contribution is 2.19. The summed E-state index contributed by atoms with van der Waals surface area (Å²) in [6.07, 6.45) is 2.25. The summed E-state index contributed by atoms with van der Waals surface area (Å²) in [5.74, 6) is 0.653. The summed E-state index contributed by atoms with van der Waals surface area (Å²) in [4.78, 5) is 2.27. The van der Waals surface area contributed by atoms with E-state index in [4.69, 9.17) is 11.1 Å². The summed E-state index contributed by atoms with van der Waals surface area (Å²) < 4.78 is 0. The molecule has 1 saturated heterocycles. The van der Waals surface area contributed by atoms with Crippen LogP contribution < -0.4 is 5.73 Å². The number of hydrogen-bond acceptors (Lipinski definition) is 2. The zero-order chi connectivity index (χ0) is 8.43. The number of amidine groups is 1. The highest BCUT2D eigenvalue weighted by atomic mass is 15.1. The molecule has 0 bridgehead atoms. The predicted molar refractivity (Wildman–Crippen MR) is 46.7 cm³/mol. The molecule has 3 N–H and O–H groups in total. The van der Waals surface area contributed by atoms with Crippen LogP contribution in [0, 0.1) is 11.3 Å². The van der Waals surface area contributed by atoms with Gasteiger partial charge in [0.1, 0.15) is 0 Å². The monoisotopic (exact) mass is 155 g/mol. The smallest absolute Gasteiger partial charge is 0.0949 e. The van der Waals surface area contributed by atoms with Gasteiger partial charge in [-0.3, -0.25) is 5.41 Å². The third-order valence-corrected chi connectivity index (χ3v) is 2.63. The van der Waals surface area contributed by atoms with Gasteiger partial charge < -0.3 is 10.6 Å². The van der Waals surface area contributed by atoms with Gasteiger partial charge in [0.2, 0.25) is 0 Å². The fourth-order valence-electron chi connectivity index (χ4n) is 1.54. The van der Waals surface area contributed by atoms with Crippen LogP contribution in [-0.2, 0) is 0 Å². The lowest BCUT2D eigenvalue weighted by Gasteiger charge is -2.34. The van der Waals surface area contributed by atoms with Crippen LogP contribution in [0.1, 0.15) is 19.8 Å². The van der Waals surface area contributed by atoms with Crippen LogP contribution in [0.25, 0.3) is 0 Å². The van der Waals surface area contributed by atoms with Gasteiger partial charge in [-0.25, -0.2) is 0 Å². The summed E-state index contributed by atoms with van der Waals surface area (Å²) in [5, 5.41) is 7.30. The molecule has 0 radical (unpaired) electrons. The van der Waals surface area contributed by atoms with E-state index in [0.717, 1.165) is 13.0 Å². The number of nitrogens with zero attached hydrogens (tertiary/aromatic N) is 1. The van der Waals surface area contributed by atoms with Gasteiger partial charge in [0.15, 0.2) is 0 Å². The molecule has 3 heteroatoms. The molecule has 11 heavy (non-hydrogen) atoms. The van der Waals surface area contributed by atoms with E-state index in [1.807, 2.05) is 0 Å². The Labute approximate surface area is 68.1 Å². The fourth-order valence-corrected chi connectivity index (χ4v) is 1.54. The van der Waals surface area contributed by atoms with Crippen molar-refractivity contribution in [1.82, 2.24) is 4.90 Å². The molecule has 2 atom stereocenters. The first-order valence-electron chi connectivity index (χ1n) is 4.15. The van der Waals surface area contributed by atoms with E-state index in [0.29, 0.717) is 17.8 Å². The van der Waals surface area contributed by atoms with Gasteiger partial charge in [-0.2, -0.15) is 0 Å². The van der Waals surface area contributed by atoms with Crippen LogP contribution in [0.15, 0.2) is 0 Å². The van der Waals surface area contributed by atoms with Gasteiger partial charge in [-0.1, -0.05) is 0 Å². The first kappa shape index (κ1) is 8.53. The lowest BCUT2D eigenvalue weighted by Crippen LogP contribution is -2.43. The molecule has 2 unspecified atom stereocenters. The maximum Gasteiger partial charge on any atom is 0.0949 e. The standard InChI is InChI=1S/C8H17N3/c1-6-3-4-7(8(9)10)5-11(6)2/h6-7H,3-5H2,1-2H3,(H3,9,10). The van der Waals surface area contributed by atoms with Gasteiger partial charge in [-0.05, 0) is 26.8 Å². The van der Waals surface area contributed by atoms with Gasteiger partial charge >= 0.3 is 0 Å². The molecule has 0 aromatic heterocycles. The summed E-state index contributed by atoms with van der Waals surface area (Å²) in [5.41, 5.74) is 5.43. The van der Waals surface area contributed by atoms with Crippen molar-refractivity contribution >= 4 is 5.84 Å². The quantitative estimate of drug-likeness (QED) is 0.431. The molecule has 3 nitrogen and oxygen atoms in total. The first-order chi connectivity index (χ1) is 5.11. The Balaban J connectivity index is 2.46. The molecule has 0 spiro atoms. The van der Waals surface area contributed by atoms with E-state index in [9.17, 15) is 0 Å². The van der Waals surface area contributed by atoms with Crippen LogP contribution in [0.4, 0.5) is 0 Å². The molecule has 0 amide bonds. The second-order valence-electron chi connectivity index (χ2n) is 3.52. The Kier molecular flexibility index (Phi) is 2.49. The molecule has 64 valence electrons. The normalized spacial score (nSPS) is 33.6. The zero-order valence-electron chi connectivity index (χ0n) is 7.30. The predicted octanol–water partition coefficient (Wildman–Crippen LogP) is 0.653. The van der Waals surface area contributed by atoms with E-state index in [1.54, 1.807) is 0 Å². The summed E-state index contributed by atoms with van der Waals surface area (Å²) >= 11 is 0. The van der Waals surface area contributed by atoms with E-state index in [-0.39, 0.29) is 0 Å². The molecule has 0 saturated carbocycles. The van der Waals surface area contributed by atoms with Crippen LogP contribution in [0.3, 0.4) is 0 Å². The van der Waals surface area contributed by atoms with Crippen molar-refractivity contribution in [3.63, 3.8) is 0 Å². The van der Waals surface area contributed by atoms with Crippen LogP contribution in [0.2, 0.25) is 0 Å². The van der Waals surface area contributed by atoms with Crippen molar-refractivity contribution in [3.05, 3.63) is 0 Å². The van der Waals surface area contributed by atoms with Crippen LogP contribution >= 0.6 is 0 Å². The van der Waals surface area contributed by atoms with Crippen molar-refractivity contribution < 1.29 is 0 Å². The van der Waals surface area contributed by atoms with Crippen molar-refractivity contribution in [2.24, 2.45) is 11.7 Å². The number of nitrogens with one attached hydrogen (secondary N) is 1. The van der Waals surface area contributed by atoms with E-state index >= 15 is 0 Å². The van der Waals surface area contributed by atoms with Crippen LogP contribution in [-0.4, -0.2) is 30.4 Å². The largest absolute Gasteiger partial charge is 0.387 e. The van der Waals surface area contributed by atoms with Gasteiger partial charge in [0, 0.05) is 18.5 Å². The number of piperidine rings is 1. The Morgan fingerprint density at radius 3 is 2.64 bits per heavy atom. The van der Waals surface area contributed by atoms with Crippen molar-refractivity contribution in [3.8, 4) is 0 Å². The molecule has 0 aromatic rings. The molecule has 1 rings (SSSR count). The van der Waals surface area contributed by atoms with Gasteiger partial charge in [0.25, 0.3) is 0 Å². The zero-order valence-corrected chi connectivity index (χ0v) is 7.30. The Bertz CT molecular complexity index is 155. The molecule has 1 fully saturated rings. The van der Waals surface area contributed by atoms with Gasteiger partial charge in [0.05, 0.1) is 5.84 Å². The van der Waals surface area contributed by atoms with Crippen molar-refractivity contribution in [2.45, 2.75) is 25.8 Å². The molecule has 1 aliphatic rings. The molecule has 0 aliphatic carbocycles. The Hall–Kier alpha value is -0.570. The average molecular weight is 155 g/mol. The number of hydrogen-bond donors (Lipinski definition) is 2. The SMILES string of the molecule is CC1CCC(C(=N)N)CN1C. The van der Waals surface area contributed by atoms with Crippen LogP contribution in [0.5, 0.6) is 0 Å². The lowest BCUT2D eigenvalue weighted by molar-refractivity contribution is 0.176. The molecule has 1 heterocycles. The summed E-state index contributed by atoms with van der Waals surface area (Å²) in [6.45, 7) is 3.17. The number of nitrogens with two attached hydrogens (primary N) is 1. The number of rotatable bonds is 1. The topological polar surface area (TPSA) is 53.1 Å². The van der Waals surface area contributed by atoms with Crippen molar-refractivity contribution in [2.75, 3.05) is 13.6 Å². The summed E-state index contributed by atoms with van der Waals surface area (Å²) in [6, 6.07) is 0.658. The minimum absolute atomic E-state index is 0.302. The average Bonchev–Trinajstić information content (AvgIpc) is 1.94. The molecular formula is C8H17N3. The molecule has 1 aliphatic heterocycles. The van der Waals surface area contributed by atoms with E-state index in [2.05, 4.69) is 18.9 Å². The molecular weight excluding hydrogens is 138 g/mol. The minimum Gasteiger partial charge on any atom is -0.387 e. The van der Waals surface area contributed by atoms with Crippen molar-refractivity contribution in [1.29, 1.82) is 5.41 Å². The maximum atomic E-state index is 7.30. The van der Waals surface area contributed by atoms with E-state index < -0.39 is 0 Å².